The largest absolute Gasteiger partial charge is 0.472 e. The molecule has 1 N–H and O–H groups in total. The zero-order chi connectivity index (χ0) is 52.7. The number of allylic oxidation sites excluding steroid dienone is 22. The number of esters is 2. The van der Waals surface area contributed by atoms with Crippen LogP contribution >= 0.6 is 7.82 Å². The van der Waals surface area contributed by atoms with Gasteiger partial charge in [0, 0.05) is 12.8 Å². The Morgan fingerprint density at radius 2 is 0.750 bits per heavy atom. The Labute approximate surface area is 441 Å². The fourth-order valence-electron chi connectivity index (χ4n) is 6.93. The highest BCUT2D eigenvalue weighted by atomic mass is 31.2. The second-order valence-electron chi connectivity index (χ2n) is 19.2. The number of carbonyl (C=O) groups is 2. The zero-order valence-electron chi connectivity index (χ0n) is 46.1. The molecule has 0 rings (SSSR count). The molecule has 2 atom stereocenters. The lowest BCUT2D eigenvalue weighted by molar-refractivity contribution is -0.870. The summed E-state index contributed by atoms with van der Waals surface area (Å²) in [4.78, 5) is 35.7. The average molecular weight is 1020 g/mol. The molecule has 0 heterocycles. The normalized spacial score (nSPS) is 14.4. The first-order valence-corrected chi connectivity index (χ1v) is 29.4. The number of nitrogens with zero attached hydrogens (tertiary/aromatic N) is 1. The van der Waals surface area contributed by atoms with Crippen LogP contribution in [0.1, 0.15) is 194 Å². The van der Waals surface area contributed by atoms with E-state index in [9.17, 15) is 19.0 Å². The van der Waals surface area contributed by atoms with Gasteiger partial charge in [-0.15, -0.1) is 0 Å². The molecule has 0 amide bonds. The van der Waals surface area contributed by atoms with E-state index < -0.39 is 26.5 Å². The molecule has 0 bridgehead atoms. The molecule has 0 aliphatic carbocycles. The maximum absolute atomic E-state index is 12.8. The topological polar surface area (TPSA) is 108 Å². The Hall–Kier alpha value is -3.85. The van der Waals surface area contributed by atoms with Crippen molar-refractivity contribution in [3.8, 4) is 0 Å². The van der Waals surface area contributed by atoms with Crippen molar-refractivity contribution in [3.63, 3.8) is 0 Å². The summed E-state index contributed by atoms with van der Waals surface area (Å²) >= 11 is 0. The highest BCUT2D eigenvalue weighted by Crippen LogP contribution is 2.43. The highest BCUT2D eigenvalue weighted by molar-refractivity contribution is 7.47. The molecule has 2 unspecified atom stereocenters. The summed E-state index contributed by atoms with van der Waals surface area (Å²) in [7, 11) is 1.44. The number of hydrogen-bond acceptors (Lipinski definition) is 7. The standard InChI is InChI=1S/C62H102NO8P/c1-6-8-10-12-14-16-18-20-22-24-26-28-30-31-33-35-37-39-41-43-45-47-49-51-53-55-62(65)71-60(59-70-72(66,67)69-57-56-63(3,4)5)58-68-61(64)54-52-50-48-46-44-42-40-38-36-34-32-29-27-25-23-21-19-17-15-13-11-9-7-2/h8-11,14-17,20-23,26-29,31,33-34,36-37,39,60H,6-7,12-13,18-19,24-25,30,32,35,38,40-59H2,1-5H3/p+1/b10-8-,11-9-,16-14-,17-15-,22-20-,23-21-,28-26-,29-27-,33-31-,36-34-,39-37-. The third-order valence-corrected chi connectivity index (χ3v) is 12.2. The van der Waals surface area contributed by atoms with Gasteiger partial charge in [-0.3, -0.25) is 18.6 Å². The van der Waals surface area contributed by atoms with Gasteiger partial charge < -0.3 is 18.9 Å². The van der Waals surface area contributed by atoms with Crippen LogP contribution in [0.3, 0.4) is 0 Å². The lowest BCUT2D eigenvalue weighted by atomic mass is 10.1. The third kappa shape index (κ3) is 55.5. The molecule has 10 heteroatoms. The van der Waals surface area contributed by atoms with Gasteiger partial charge >= 0.3 is 19.8 Å². The molecular weight excluding hydrogens is 918 g/mol. The highest BCUT2D eigenvalue weighted by Gasteiger charge is 2.27. The van der Waals surface area contributed by atoms with E-state index in [1.165, 1.54) is 19.3 Å². The quantitative estimate of drug-likeness (QED) is 0.0211. The fraction of sp³-hybridized carbons (Fsp3) is 0.613. The summed E-state index contributed by atoms with van der Waals surface area (Å²) in [5.41, 5.74) is 0. The van der Waals surface area contributed by atoms with E-state index in [1.807, 2.05) is 21.1 Å². The van der Waals surface area contributed by atoms with Gasteiger partial charge in [-0.05, 0) is 109 Å². The monoisotopic (exact) mass is 1020 g/mol. The summed E-state index contributed by atoms with van der Waals surface area (Å²) in [6.07, 6.45) is 75.0. The molecule has 0 spiro atoms. The summed E-state index contributed by atoms with van der Waals surface area (Å²) in [6.45, 7) is 4.15. The molecule has 0 saturated carbocycles. The first-order chi connectivity index (χ1) is 35.0. The molecule has 0 fully saturated rings. The number of ether oxygens (including phenoxy) is 2. The molecule has 0 aromatic carbocycles. The van der Waals surface area contributed by atoms with Crippen molar-refractivity contribution in [2.24, 2.45) is 0 Å². The lowest BCUT2D eigenvalue weighted by Gasteiger charge is -2.24. The summed E-state index contributed by atoms with van der Waals surface area (Å²) < 4.78 is 34.5. The number of rotatable bonds is 49. The predicted octanol–water partition coefficient (Wildman–Crippen LogP) is 17.4. The van der Waals surface area contributed by atoms with E-state index in [0.717, 1.165) is 135 Å². The van der Waals surface area contributed by atoms with E-state index in [-0.39, 0.29) is 32.0 Å². The SMILES string of the molecule is CC/C=C\C/C=C\C/C=C\C/C=C\C/C=C\C/C=C\CCCCCCCCC(=O)OC(COC(=O)CCCCCCCCC/C=C\C/C=C\C/C=C\C/C=C\C/C=C\CC)COP(=O)(O)OCC[N+](C)(C)C. The minimum absolute atomic E-state index is 0.0182. The van der Waals surface area contributed by atoms with Crippen LogP contribution in [0, 0.1) is 0 Å². The molecule has 0 aliphatic rings. The van der Waals surface area contributed by atoms with Crippen LogP contribution in [0.25, 0.3) is 0 Å². The second-order valence-corrected chi connectivity index (χ2v) is 20.7. The molecule has 72 heavy (non-hydrogen) atoms. The van der Waals surface area contributed by atoms with Crippen molar-refractivity contribution in [3.05, 3.63) is 134 Å². The molecule has 9 nitrogen and oxygen atoms in total. The van der Waals surface area contributed by atoms with Crippen LogP contribution in [0.5, 0.6) is 0 Å². The Bertz CT molecular complexity index is 1670. The number of phosphoric acid groups is 1. The first-order valence-electron chi connectivity index (χ1n) is 27.9. The molecule has 0 aliphatic heterocycles. The fourth-order valence-corrected chi connectivity index (χ4v) is 7.67. The second kappa shape index (κ2) is 52.0. The number of quaternary nitrogens is 1. The van der Waals surface area contributed by atoms with Crippen molar-refractivity contribution >= 4 is 19.8 Å². The van der Waals surface area contributed by atoms with Gasteiger partial charge in [0.1, 0.15) is 19.8 Å². The molecule has 0 radical (unpaired) electrons. The van der Waals surface area contributed by atoms with Crippen molar-refractivity contribution in [1.82, 2.24) is 0 Å². The molecule has 0 aromatic rings. The van der Waals surface area contributed by atoms with Gasteiger partial charge in [0.25, 0.3) is 0 Å². The van der Waals surface area contributed by atoms with Crippen LogP contribution < -0.4 is 0 Å². The van der Waals surface area contributed by atoms with Gasteiger partial charge in [0.05, 0.1) is 27.7 Å². The summed E-state index contributed by atoms with van der Waals surface area (Å²) in [5.74, 6) is -0.839. The van der Waals surface area contributed by atoms with Gasteiger partial charge in [-0.1, -0.05) is 205 Å². The Balaban J connectivity index is 4.31. The molecule has 0 saturated heterocycles. The summed E-state index contributed by atoms with van der Waals surface area (Å²) in [6, 6.07) is 0. The van der Waals surface area contributed by atoms with Crippen LogP contribution in [0.15, 0.2) is 134 Å². The average Bonchev–Trinajstić information content (AvgIpc) is 3.34. The van der Waals surface area contributed by atoms with Gasteiger partial charge in [0.15, 0.2) is 6.10 Å². The molecular formula is C62H103NO8P+. The summed E-state index contributed by atoms with van der Waals surface area (Å²) in [5, 5.41) is 0. The van der Waals surface area contributed by atoms with Crippen LogP contribution in [0.4, 0.5) is 0 Å². The van der Waals surface area contributed by atoms with Gasteiger partial charge in [-0.2, -0.15) is 0 Å². The lowest BCUT2D eigenvalue weighted by Crippen LogP contribution is -2.37. The molecule has 408 valence electrons. The van der Waals surface area contributed by atoms with Gasteiger partial charge in [0.2, 0.25) is 0 Å². The van der Waals surface area contributed by atoms with E-state index in [0.29, 0.717) is 23.9 Å². The number of phosphoric ester groups is 1. The number of carbonyl (C=O) groups excluding carboxylic acids is 2. The van der Waals surface area contributed by atoms with E-state index in [2.05, 4.69) is 148 Å². The Morgan fingerprint density at radius 3 is 1.11 bits per heavy atom. The number of hydrogen-bond donors (Lipinski definition) is 1. The van der Waals surface area contributed by atoms with E-state index in [1.54, 1.807) is 0 Å². The van der Waals surface area contributed by atoms with Crippen LogP contribution in [-0.4, -0.2) is 74.9 Å². The Morgan fingerprint density at radius 1 is 0.431 bits per heavy atom. The zero-order valence-corrected chi connectivity index (χ0v) is 47.0. The van der Waals surface area contributed by atoms with Crippen molar-refractivity contribution < 1.29 is 42.1 Å². The van der Waals surface area contributed by atoms with Crippen LogP contribution in [-0.2, 0) is 32.7 Å². The van der Waals surface area contributed by atoms with Crippen molar-refractivity contribution in [1.29, 1.82) is 0 Å². The first kappa shape index (κ1) is 68.2. The van der Waals surface area contributed by atoms with E-state index in [4.69, 9.17) is 18.5 Å². The predicted molar refractivity (Wildman–Crippen MR) is 307 cm³/mol. The van der Waals surface area contributed by atoms with Crippen molar-refractivity contribution in [2.45, 2.75) is 200 Å². The Kier molecular flexibility index (Phi) is 49.2. The maximum Gasteiger partial charge on any atom is 0.472 e. The minimum atomic E-state index is -4.40. The van der Waals surface area contributed by atoms with Gasteiger partial charge in [-0.25, -0.2) is 4.57 Å². The number of unbranched alkanes of at least 4 members (excludes halogenated alkanes) is 13. The smallest absolute Gasteiger partial charge is 0.462 e. The van der Waals surface area contributed by atoms with Crippen LogP contribution in [0.2, 0.25) is 0 Å². The number of likely N-dealkylation sites (N-methyl/N-ethyl adjacent to an activating group) is 1. The van der Waals surface area contributed by atoms with E-state index >= 15 is 0 Å². The van der Waals surface area contributed by atoms with Crippen molar-refractivity contribution in [2.75, 3.05) is 47.5 Å². The molecule has 0 aromatic heterocycles. The maximum atomic E-state index is 12.8. The minimum Gasteiger partial charge on any atom is -0.462 e. The third-order valence-electron chi connectivity index (χ3n) is 11.2.